The quantitative estimate of drug-likeness (QED) is 0.672. The molecule has 21 heavy (non-hydrogen) atoms. The van der Waals surface area contributed by atoms with Gasteiger partial charge in [-0.1, -0.05) is 19.1 Å². The minimum atomic E-state index is -0.377. The molecule has 0 aliphatic rings. The predicted octanol–water partition coefficient (Wildman–Crippen LogP) is 2.37. The molecule has 2 rings (SSSR count). The molecule has 0 unspecified atom stereocenters. The molecule has 0 saturated heterocycles. The maximum atomic E-state index is 12.0. The molecule has 2 N–H and O–H groups in total. The molecule has 0 fully saturated rings. The number of methoxy groups -OCH3 is 1. The van der Waals surface area contributed by atoms with Crippen LogP contribution in [0.5, 0.6) is 0 Å². The second kappa shape index (κ2) is 6.49. The van der Waals surface area contributed by atoms with Crippen LogP contribution in [0.3, 0.4) is 0 Å². The second-order valence-corrected chi connectivity index (χ2v) is 4.99. The Balaban J connectivity index is 2.32. The molecule has 0 aliphatic carbocycles. The molecule has 0 aliphatic heterocycles. The van der Waals surface area contributed by atoms with Crippen molar-refractivity contribution >= 4 is 18.2 Å². The molecule has 0 bridgehead atoms. The van der Waals surface area contributed by atoms with Gasteiger partial charge in [0.25, 0.3) is 5.56 Å². The Kier molecular flexibility index (Phi) is 4.70. The second-order valence-electron chi connectivity index (χ2n) is 4.58. The Labute approximate surface area is 127 Å². The van der Waals surface area contributed by atoms with E-state index >= 15 is 0 Å². The molecule has 0 saturated carbocycles. The van der Waals surface area contributed by atoms with E-state index < -0.39 is 0 Å². The highest BCUT2D eigenvalue weighted by Crippen LogP contribution is 2.11. The van der Waals surface area contributed by atoms with Crippen LogP contribution in [0.1, 0.15) is 34.1 Å². The topological polar surface area (TPSA) is 75.0 Å². The zero-order chi connectivity index (χ0) is 15.4. The Morgan fingerprint density at radius 2 is 1.90 bits per heavy atom. The highest BCUT2D eigenvalue weighted by molar-refractivity contribution is 7.71. The lowest BCUT2D eigenvalue weighted by atomic mass is 10.0. The number of carbonyl (C=O) groups excluding carboxylic acids is 1. The molecular formula is C15H16N2O3S. The van der Waals surface area contributed by atoms with E-state index in [0.29, 0.717) is 28.7 Å². The maximum Gasteiger partial charge on any atom is 0.337 e. The van der Waals surface area contributed by atoms with Crippen molar-refractivity contribution in [2.24, 2.45) is 0 Å². The van der Waals surface area contributed by atoms with Gasteiger partial charge in [-0.15, -0.1) is 0 Å². The summed E-state index contributed by atoms with van der Waals surface area (Å²) in [7, 11) is 1.34. The number of benzene rings is 1. The number of rotatable bonds is 4. The smallest absolute Gasteiger partial charge is 0.337 e. The number of esters is 1. The molecule has 1 heterocycles. The molecule has 5 nitrogen and oxygen atoms in total. The highest BCUT2D eigenvalue weighted by atomic mass is 32.1. The third kappa shape index (κ3) is 3.46. The van der Waals surface area contributed by atoms with Gasteiger partial charge in [0, 0.05) is 17.7 Å². The van der Waals surface area contributed by atoms with E-state index in [1.165, 1.54) is 7.11 Å². The molecular weight excluding hydrogens is 288 g/mol. The van der Waals surface area contributed by atoms with Crippen molar-refractivity contribution in [1.29, 1.82) is 0 Å². The van der Waals surface area contributed by atoms with Crippen molar-refractivity contribution in [3.63, 3.8) is 0 Å². The first-order chi connectivity index (χ1) is 10.0. The van der Waals surface area contributed by atoms with E-state index in [1.807, 2.05) is 19.1 Å². The van der Waals surface area contributed by atoms with Crippen LogP contribution in [-0.4, -0.2) is 23.0 Å². The number of H-pyrrole nitrogens is 2. The number of hydrogen-bond acceptors (Lipinski definition) is 4. The van der Waals surface area contributed by atoms with Gasteiger partial charge in [-0.3, -0.25) is 9.78 Å². The van der Waals surface area contributed by atoms with Crippen LogP contribution in [-0.2, 0) is 17.6 Å². The molecule has 6 heteroatoms. The summed E-state index contributed by atoms with van der Waals surface area (Å²) in [5, 5.41) is 0. The van der Waals surface area contributed by atoms with Crippen molar-refractivity contribution in [2.75, 3.05) is 7.11 Å². The summed E-state index contributed by atoms with van der Waals surface area (Å²) < 4.78 is 4.99. The van der Waals surface area contributed by atoms with Crippen LogP contribution in [0.2, 0.25) is 0 Å². The molecule has 0 radical (unpaired) electrons. The summed E-state index contributed by atoms with van der Waals surface area (Å²) in [5.74, 6) is -0.377. The van der Waals surface area contributed by atoms with Crippen LogP contribution in [0, 0.1) is 4.77 Å². The van der Waals surface area contributed by atoms with Crippen LogP contribution in [0.15, 0.2) is 29.1 Å². The van der Waals surface area contributed by atoms with Crippen LogP contribution < -0.4 is 5.56 Å². The summed E-state index contributed by atoms with van der Waals surface area (Å²) in [4.78, 5) is 29.0. The molecule has 0 amide bonds. The van der Waals surface area contributed by atoms with E-state index in [-0.39, 0.29) is 11.5 Å². The molecule has 0 spiro atoms. The summed E-state index contributed by atoms with van der Waals surface area (Å²) in [6.07, 6.45) is 1.18. The molecule has 110 valence electrons. The fourth-order valence-electron chi connectivity index (χ4n) is 2.13. The van der Waals surface area contributed by atoms with Gasteiger partial charge >= 0.3 is 5.97 Å². The van der Waals surface area contributed by atoms with Gasteiger partial charge < -0.3 is 9.72 Å². The molecule has 0 atom stereocenters. The highest BCUT2D eigenvalue weighted by Gasteiger charge is 2.09. The lowest BCUT2D eigenvalue weighted by Crippen LogP contribution is -2.18. The summed E-state index contributed by atoms with van der Waals surface area (Å²) in [6.45, 7) is 1.96. The Hall–Kier alpha value is -2.21. The summed E-state index contributed by atoms with van der Waals surface area (Å²) >= 11 is 4.97. The number of hydrogen-bond donors (Lipinski definition) is 2. The SMILES string of the molecule is CCc1[nH]c(=S)[nH]c(=O)c1Cc1ccc(C(=O)OC)cc1. The van der Waals surface area contributed by atoms with Crippen molar-refractivity contribution in [2.45, 2.75) is 19.8 Å². The summed E-state index contributed by atoms with van der Waals surface area (Å²) in [6, 6.07) is 7.00. The molecule has 1 aromatic heterocycles. The minimum absolute atomic E-state index is 0.173. The average molecular weight is 304 g/mol. The molecule has 2 aromatic rings. The van der Waals surface area contributed by atoms with Gasteiger partial charge in [0.1, 0.15) is 0 Å². The largest absolute Gasteiger partial charge is 0.465 e. The monoisotopic (exact) mass is 304 g/mol. The third-order valence-electron chi connectivity index (χ3n) is 3.24. The predicted molar refractivity (Wildman–Crippen MR) is 82.2 cm³/mol. The number of carbonyl (C=O) groups is 1. The average Bonchev–Trinajstić information content (AvgIpc) is 2.49. The van der Waals surface area contributed by atoms with Gasteiger partial charge in [-0.2, -0.15) is 0 Å². The van der Waals surface area contributed by atoms with Crippen LogP contribution in [0.4, 0.5) is 0 Å². The Morgan fingerprint density at radius 3 is 2.48 bits per heavy atom. The zero-order valence-corrected chi connectivity index (χ0v) is 12.7. The van der Waals surface area contributed by atoms with Gasteiger partial charge in [0.15, 0.2) is 4.77 Å². The Bertz CT molecular complexity index is 760. The lowest BCUT2D eigenvalue weighted by Gasteiger charge is -2.07. The fourth-order valence-corrected chi connectivity index (χ4v) is 2.34. The van der Waals surface area contributed by atoms with Crippen molar-refractivity contribution in [1.82, 2.24) is 9.97 Å². The normalized spacial score (nSPS) is 10.4. The van der Waals surface area contributed by atoms with Crippen molar-refractivity contribution < 1.29 is 9.53 Å². The standard InChI is InChI=1S/C15H16N2O3S/c1-3-12-11(13(18)17-15(21)16-12)8-9-4-6-10(7-5-9)14(19)20-2/h4-7H,3,8H2,1-2H3,(H2,16,17,18,21). The van der Waals surface area contributed by atoms with E-state index in [4.69, 9.17) is 12.2 Å². The zero-order valence-electron chi connectivity index (χ0n) is 11.9. The minimum Gasteiger partial charge on any atom is -0.465 e. The van der Waals surface area contributed by atoms with Crippen LogP contribution >= 0.6 is 12.2 Å². The number of ether oxygens (including phenoxy) is 1. The number of aromatic amines is 2. The van der Waals surface area contributed by atoms with Gasteiger partial charge in [0.05, 0.1) is 12.7 Å². The first-order valence-corrected chi connectivity index (χ1v) is 6.97. The van der Waals surface area contributed by atoms with Crippen molar-refractivity contribution in [3.05, 3.63) is 61.8 Å². The van der Waals surface area contributed by atoms with Gasteiger partial charge in [-0.05, 0) is 36.3 Å². The molecule has 1 aromatic carbocycles. The first kappa shape index (κ1) is 15.2. The Morgan fingerprint density at radius 1 is 1.24 bits per heavy atom. The number of nitrogens with one attached hydrogen (secondary N) is 2. The van der Waals surface area contributed by atoms with Gasteiger partial charge in [-0.25, -0.2) is 4.79 Å². The summed E-state index contributed by atoms with van der Waals surface area (Å²) in [5.41, 5.74) is 2.75. The lowest BCUT2D eigenvalue weighted by molar-refractivity contribution is 0.0600. The number of aromatic nitrogens is 2. The third-order valence-corrected chi connectivity index (χ3v) is 3.44. The first-order valence-electron chi connectivity index (χ1n) is 6.56. The van der Waals surface area contributed by atoms with E-state index in [1.54, 1.807) is 12.1 Å². The maximum absolute atomic E-state index is 12.0. The van der Waals surface area contributed by atoms with E-state index in [2.05, 4.69) is 14.7 Å². The van der Waals surface area contributed by atoms with E-state index in [9.17, 15) is 9.59 Å². The van der Waals surface area contributed by atoms with Crippen molar-refractivity contribution in [3.8, 4) is 0 Å². The number of aryl methyl sites for hydroxylation is 1. The van der Waals surface area contributed by atoms with Crippen LogP contribution in [0.25, 0.3) is 0 Å². The van der Waals surface area contributed by atoms with Gasteiger partial charge in [0.2, 0.25) is 0 Å². The fraction of sp³-hybridized carbons (Fsp3) is 0.267. The van der Waals surface area contributed by atoms with E-state index in [0.717, 1.165) is 11.3 Å².